The second-order valence-electron chi connectivity index (χ2n) is 6.01. The third-order valence-electron chi connectivity index (χ3n) is 4.00. The maximum absolute atomic E-state index is 7.37. The lowest BCUT2D eigenvalue weighted by Gasteiger charge is -2.03. The molecule has 136 valence electrons. The Morgan fingerprint density at radius 1 is 1.00 bits per heavy atom. The van der Waals surface area contributed by atoms with Crippen LogP contribution in [0.2, 0.25) is 0 Å². The highest BCUT2D eigenvalue weighted by Gasteiger charge is 2.01. The Morgan fingerprint density at radius 3 is 2.33 bits per heavy atom. The first-order chi connectivity index (χ1) is 13.1. The summed E-state index contributed by atoms with van der Waals surface area (Å²) in [6, 6.07) is 14.5. The van der Waals surface area contributed by atoms with Crippen molar-refractivity contribution in [1.82, 2.24) is 0 Å². The van der Waals surface area contributed by atoms with Crippen molar-refractivity contribution in [3.63, 3.8) is 0 Å². The average molecular weight is 359 g/mol. The molecule has 0 unspecified atom stereocenters. The van der Waals surface area contributed by atoms with Crippen LogP contribution in [0.1, 0.15) is 17.5 Å². The fourth-order valence-electron chi connectivity index (χ4n) is 2.45. The molecule has 6 N–H and O–H groups in total. The molecular formula is C20H21N7. The van der Waals surface area contributed by atoms with Gasteiger partial charge in [0.1, 0.15) is 11.7 Å². The Kier molecular flexibility index (Phi) is 5.73. The lowest BCUT2D eigenvalue weighted by Crippen LogP contribution is -2.14. The van der Waals surface area contributed by atoms with Gasteiger partial charge in [0.15, 0.2) is 0 Å². The molecule has 0 atom stereocenters. The van der Waals surface area contributed by atoms with Crippen LogP contribution in [0.5, 0.6) is 0 Å². The van der Waals surface area contributed by atoms with E-state index in [1.807, 2.05) is 30.3 Å². The predicted octanol–water partition coefficient (Wildman–Crippen LogP) is 3.67. The molecule has 0 saturated carbocycles. The third kappa shape index (κ3) is 5.12. The van der Waals surface area contributed by atoms with Crippen molar-refractivity contribution in [3.8, 4) is 0 Å². The van der Waals surface area contributed by atoms with Gasteiger partial charge < -0.3 is 11.5 Å². The molecule has 7 heteroatoms. The van der Waals surface area contributed by atoms with Crippen molar-refractivity contribution < 1.29 is 0 Å². The second kappa shape index (κ2) is 8.57. The van der Waals surface area contributed by atoms with Crippen LogP contribution in [0.3, 0.4) is 0 Å². The van der Waals surface area contributed by atoms with Gasteiger partial charge in [-0.3, -0.25) is 15.8 Å². The van der Waals surface area contributed by atoms with E-state index in [9.17, 15) is 0 Å². The Labute approximate surface area is 157 Å². The first kappa shape index (κ1) is 18.1. The molecule has 3 rings (SSSR count). The highest BCUT2D eigenvalue weighted by Crippen LogP contribution is 2.16. The minimum atomic E-state index is 0.0303. The van der Waals surface area contributed by atoms with Crippen LogP contribution < -0.4 is 16.9 Å². The van der Waals surface area contributed by atoms with Gasteiger partial charge in [-0.1, -0.05) is 23.5 Å². The molecule has 0 spiro atoms. The van der Waals surface area contributed by atoms with Crippen LogP contribution in [0.25, 0.3) is 0 Å². The topological polar surface area (TPSA) is 125 Å². The quantitative estimate of drug-likeness (QED) is 0.261. The Balaban J connectivity index is 1.55. The molecule has 1 aliphatic carbocycles. The third-order valence-corrected chi connectivity index (χ3v) is 4.00. The van der Waals surface area contributed by atoms with Gasteiger partial charge in [0.2, 0.25) is 0 Å². The number of hydrogen-bond acceptors (Lipinski definition) is 4. The molecule has 0 bridgehead atoms. The molecular weight excluding hydrogens is 338 g/mol. The number of benzene rings is 2. The van der Waals surface area contributed by atoms with Gasteiger partial charge in [-0.15, -0.1) is 5.11 Å². The number of nitrogens with one attached hydrogen (secondary N) is 2. The molecule has 0 heterocycles. The smallest absolute Gasteiger partial charge is 0.125 e. The van der Waals surface area contributed by atoms with Crippen LogP contribution in [0.15, 0.2) is 87.7 Å². The number of anilines is 1. The van der Waals surface area contributed by atoms with Crippen LogP contribution in [0.4, 0.5) is 11.4 Å². The minimum absolute atomic E-state index is 0.0303. The summed E-state index contributed by atoms with van der Waals surface area (Å²) in [5.74, 6) is 0.540. The van der Waals surface area contributed by atoms with E-state index in [0.29, 0.717) is 23.6 Å². The lowest BCUT2D eigenvalue weighted by atomic mass is 10.2. The maximum atomic E-state index is 7.37. The van der Waals surface area contributed by atoms with Crippen LogP contribution in [0, 0.1) is 5.41 Å². The van der Waals surface area contributed by atoms with Crippen LogP contribution in [-0.2, 0) is 0 Å². The molecule has 0 radical (unpaired) electrons. The summed E-state index contributed by atoms with van der Waals surface area (Å²) in [4.78, 5) is 4.42. The number of hydrogen-bond donors (Lipinski definition) is 4. The van der Waals surface area contributed by atoms with E-state index in [4.69, 9.17) is 16.9 Å². The highest BCUT2D eigenvalue weighted by molar-refractivity contribution is 5.97. The number of amidine groups is 2. The Hall–Kier alpha value is -3.74. The number of aliphatic imine (C=N–C) groups is 1. The zero-order valence-electron chi connectivity index (χ0n) is 14.8. The van der Waals surface area contributed by atoms with E-state index in [2.05, 4.69) is 32.9 Å². The summed E-state index contributed by atoms with van der Waals surface area (Å²) in [7, 11) is 0. The highest BCUT2D eigenvalue weighted by atomic mass is 15.4. The molecule has 0 aromatic heterocycles. The monoisotopic (exact) mass is 359 g/mol. The van der Waals surface area contributed by atoms with Crippen molar-refractivity contribution >= 4 is 23.0 Å². The second-order valence-corrected chi connectivity index (χ2v) is 6.01. The number of nitrogen functional groups attached to an aromatic ring is 1. The minimum Gasteiger partial charge on any atom is -0.384 e. The first-order valence-corrected chi connectivity index (χ1v) is 8.48. The van der Waals surface area contributed by atoms with E-state index in [-0.39, 0.29) is 5.84 Å². The molecule has 27 heavy (non-hydrogen) atoms. The van der Waals surface area contributed by atoms with Crippen molar-refractivity contribution in [1.29, 1.82) is 5.41 Å². The molecule has 2 aromatic rings. The van der Waals surface area contributed by atoms with Gasteiger partial charge in [0, 0.05) is 11.1 Å². The zero-order valence-corrected chi connectivity index (χ0v) is 14.8. The SMILES string of the molecule is N=C(N)c1ccc(NN=Nc2ccc(C(N)=NCC3=CC=CC3)cc2)cc1. The average Bonchev–Trinajstić information content (AvgIpc) is 3.21. The normalized spacial score (nSPS) is 13.8. The van der Waals surface area contributed by atoms with Crippen molar-refractivity contribution in [2.45, 2.75) is 6.42 Å². The molecule has 0 saturated heterocycles. The number of nitrogens with zero attached hydrogens (tertiary/aromatic N) is 3. The summed E-state index contributed by atoms with van der Waals surface area (Å²) < 4.78 is 0. The zero-order chi connectivity index (χ0) is 19.1. The molecule has 7 nitrogen and oxygen atoms in total. The maximum Gasteiger partial charge on any atom is 0.125 e. The van der Waals surface area contributed by atoms with E-state index in [0.717, 1.165) is 17.7 Å². The van der Waals surface area contributed by atoms with E-state index >= 15 is 0 Å². The summed E-state index contributed by atoms with van der Waals surface area (Å²) in [6.07, 6.45) is 7.15. The van der Waals surface area contributed by atoms with Gasteiger partial charge in [-0.05, 0) is 60.5 Å². The Bertz CT molecular complexity index is 920. The standard InChI is InChI=1S/C20H21N7/c21-19(22)15-5-9-17(10-6-15)25-27-26-18-11-7-16(8-12-18)20(23)24-13-14-3-1-2-4-14/h1-3,5-12H,4,13H2,(H3,21,22)(H2,23,24)(H,25,26). The number of nitrogens with two attached hydrogens (primary N) is 2. The molecule has 1 aliphatic rings. The van der Waals surface area contributed by atoms with E-state index in [1.54, 1.807) is 24.3 Å². The summed E-state index contributed by atoms with van der Waals surface area (Å²) >= 11 is 0. The van der Waals surface area contributed by atoms with Gasteiger partial charge in [-0.2, -0.15) is 0 Å². The van der Waals surface area contributed by atoms with E-state index in [1.165, 1.54) is 5.57 Å². The molecule has 0 aliphatic heterocycles. The van der Waals surface area contributed by atoms with Crippen molar-refractivity contribution in [2.24, 2.45) is 26.8 Å². The summed E-state index contributed by atoms with van der Waals surface area (Å²) in [6.45, 7) is 0.618. The molecule has 2 aromatic carbocycles. The van der Waals surface area contributed by atoms with Gasteiger partial charge in [-0.25, -0.2) is 0 Å². The van der Waals surface area contributed by atoms with Crippen LogP contribution >= 0.6 is 0 Å². The van der Waals surface area contributed by atoms with Crippen LogP contribution in [-0.4, -0.2) is 18.2 Å². The largest absolute Gasteiger partial charge is 0.384 e. The number of rotatable bonds is 7. The lowest BCUT2D eigenvalue weighted by molar-refractivity contribution is 1.08. The van der Waals surface area contributed by atoms with Gasteiger partial charge >= 0.3 is 0 Å². The molecule has 0 amide bonds. The predicted molar refractivity (Wildman–Crippen MR) is 109 cm³/mol. The van der Waals surface area contributed by atoms with Crippen molar-refractivity contribution in [3.05, 3.63) is 83.5 Å². The fraction of sp³-hybridized carbons (Fsp3) is 0.100. The Morgan fingerprint density at radius 2 is 1.70 bits per heavy atom. The number of allylic oxidation sites excluding steroid dienone is 3. The van der Waals surface area contributed by atoms with Crippen molar-refractivity contribution in [2.75, 3.05) is 12.0 Å². The summed E-state index contributed by atoms with van der Waals surface area (Å²) in [5, 5.41) is 15.4. The van der Waals surface area contributed by atoms with Gasteiger partial charge in [0.25, 0.3) is 0 Å². The summed E-state index contributed by atoms with van der Waals surface area (Å²) in [5.41, 5.74) is 18.5. The molecule has 0 fully saturated rings. The van der Waals surface area contributed by atoms with E-state index < -0.39 is 0 Å². The first-order valence-electron chi connectivity index (χ1n) is 8.48. The van der Waals surface area contributed by atoms with Gasteiger partial charge in [0.05, 0.1) is 17.9 Å². The fourth-order valence-corrected chi connectivity index (χ4v) is 2.45.